The molecule has 5 nitrogen and oxygen atoms in total. The van der Waals surface area contributed by atoms with Crippen LogP contribution in [0.3, 0.4) is 0 Å². The van der Waals surface area contributed by atoms with Crippen LogP contribution in [0.25, 0.3) is 0 Å². The Bertz CT molecular complexity index is 545. The molecule has 2 rings (SSSR count). The normalized spacial score (nSPS) is 19.8. The van der Waals surface area contributed by atoms with Gasteiger partial charge in [-0.25, -0.2) is 17.5 Å². The van der Waals surface area contributed by atoms with E-state index in [-0.39, 0.29) is 28.8 Å². The summed E-state index contributed by atoms with van der Waals surface area (Å²) in [7, 11) is -3.76. The second-order valence-corrected chi connectivity index (χ2v) is 6.37. The van der Waals surface area contributed by atoms with Crippen molar-refractivity contribution in [3.05, 3.63) is 23.5 Å². The zero-order valence-corrected chi connectivity index (χ0v) is 11.5. The van der Waals surface area contributed by atoms with E-state index in [1.165, 1.54) is 13.0 Å². The highest BCUT2D eigenvalue weighted by Gasteiger charge is 2.21. The fourth-order valence-electron chi connectivity index (χ4n) is 1.92. The van der Waals surface area contributed by atoms with E-state index in [2.05, 4.69) is 4.72 Å². The van der Waals surface area contributed by atoms with Gasteiger partial charge in [-0.3, -0.25) is 0 Å². The molecule has 1 fully saturated rings. The van der Waals surface area contributed by atoms with Crippen LogP contribution in [0, 0.1) is 12.7 Å². The maximum Gasteiger partial charge on any atom is 0.240 e. The van der Waals surface area contributed by atoms with Gasteiger partial charge in [0.05, 0.1) is 11.0 Å². The van der Waals surface area contributed by atoms with Gasteiger partial charge in [-0.15, -0.1) is 0 Å². The lowest BCUT2D eigenvalue weighted by Gasteiger charge is -2.12. The fraction of sp³-hybridized carbons (Fsp3) is 0.500. The Hall–Kier alpha value is -1.18. The molecule has 1 aliphatic rings. The lowest BCUT2D eigenvalue weighted by atomic mass is 10.2. The molecule has 1 aliphatic heterocycles. The number of hydrogen-bond acceptors (Lipinski definition) is 4. The molecule has 7 heteroatoms. The van der Waals surface area contributed by atoms with Gasteiger partial charge < -0.3 is 10.5 Å². The summed E-state index contributed by atoms with van der Waals surface area (Å²) < 4.78 is 45.3. The average molecular weight is 288 g/mol. The summed E-state index contributed by atoms with van der Waals surface area (Å²) in [5.74, 6) is -0.627. The minimum Gasteiger partial charge on any atom is -0.398 e. The Balaban J connectivity index is 2.14. The Kier molecular flexibility index (Phi) is 4.07. The predicted octanol–water partition coefficient (Wildman–Crippen LogP) is 1.17. The van der Waals surface area contributed by atoms with Crippen molar-refractivity contribution in [1.29, 1.82) is 0 Å². The molecule has 0 radical (unpaired) electrons. The van der Waals surface area contributed by atoms with Gasteiger partial charge in [-0.05, 0) is 31.9 Å². The van der Waals surface area contributed by atoms with Crippen molar-refractivity contribution in [3.8, 4) is 0 Å². The topological polar surface area (TPSA) is 81.4 Å². The summed E-state index contributed by atoms with van der Waals surface area (Å²) in [6.07, 6.45) is 1.65. The fourth-order valence-corrected chi connectivity index (χ4v) is 3.03. The zero-order valence-electron chi connectivity index (χ0n) is 10.6. The van der Waals surface area contributed by atoms with Crippen molar-refractivity contribution < 1.29 is 17.5 Å². The van der Waals surface area contributed by atoms with Crippen molar-refractivity contribution in [2.24, 2.45) is 0 Å². The molecular weight excluding hydrogens is 271 g/mol. The van der Waals surface area contributed by atoms with Crippen LogP contribution < -0.4 is 10.5 Å². The summed E-state index contributed by atoms with van der Waals surface area (Å²) in [5, 5.41) is 0. The first-order chi connectivity index (χ1) is 8.90. The summed E-state index contributed by atoms with van der Waals surface area (Å²) in [5.41, 5.74) is 5.95. The third-order valence-electron chi connectivity index (χ3n) is 3.19. The molecule has 3 N–H and O–H groups in total. The molecule has 1 aromatic carbocycles. The monoisotopic (exact) mass is 288 g/mol. The third-order valence-corrected chi connectivity index (χ3v) is 4.60. The van der Waals surface area contributed by atoms with E-state index in [0.717, 1.165) is 18.9 Å². The van der Waals surface area contributed by atoms with Gasteiger partial charge in [0, 0.05) is 24.4 Å². The molecule has 1 unspecified atom stereocenters. The zero-order chi connectivity index (χ0) is 14.0. The number of ether oxygens (including phenoxy) is 1. The highest BCUT2D eigenvalue weighted by atomic mass is 32.2. The molecule has 0 spiro atoms. The van der Waals surface area contributed by atoms with E-state index in [9.17, 15) is 12.8 Å². The second-order valence-electron chi connectivity index (χ2n) is 4.61. The molecule has 106 valence electrons. The first-order valence-electron chi connectivity index (χ1n) is 6.07. The molecule has 1 atom stereocenters. The number of rotatable bonds is 4. The number of nitrogens with two attached hydrogens (primary N) is 1. The van der Waals surface area contributed by atoms with Gasteiger partial charge in [-0.2, -0.15) is 0 Å². The quantitative estimate of drug-likeness (QED) is 0.815. The molecule has 0 amide bonds. The molecule has 0 saturated carbocycles. The SMILES string of the molecule is Cc1c(N)cc(S(=O)(=O)NCC2CCCO2)cc1F. The van der Waals surface area contributed by atoms with Crippen LogP contribution in [0.2, 0.25) is 0 Å². The lowest BCUT2D eigenvalue weighted by Crippen LogP contribution is -2.32. The van der Waals surface area contributed by atoms with E-state index in [1.54, 1.807) is 0 Å². The molecule has 0 bridgehead atoms. The van der Waals surface area contributed by atoms with Gasteiger partial charge in [0.2, 0.25) is 10.0 Å². The number of halogens is 1. The van der Waals surface area contributed by atoms with Crippen LogP contribution in [0.5, 0.6) is 0 Å². The Labute approximate surface area is 112 Å². The number of sulfonamides is 1. The Morgan fingerprint density at radius 2 is 2.26 bits per heavy atom. The van der Waals surface area contributed by atoms with Crippen LogP contribution in [-0.2, 0) is 14.8 Å². The summed E-state index contributed by atoms with van der Waals surface area (Å²) >= 11 is 0. The van der Waals surface area contributed by atoms with Gasteiger partial charge in [0.25, 0.3) is 0 Å². The highest BCUT2D eigenvalue weighted by Crippen LogP contribution is 2.21. The molecule has 19 heavy (non-hydrogen) atoms. The van der Waals surface area contributed by atoms with E-state index in [0.29, 0.717) is 6.61 Å². The molecule has 1 aromatic rings. The maximum atomic E-state index is 13.5. The minimum atomic E-state index is -3.76. The Morgan fingerprint density at radius 3 is 2.84 bits per heavy atom. The minimum absolute atomic E-state index is 0.109. The molecule has 0 aliphatic carbocycles. The van der Waals surface area contributed by atoms with Gasteiger partial charge in [0.1, 0.15) is 5.82 Å². The van der Waals surface area contributed by atoms with Crippen LogP contribution >= 0.6 is 0 Å². The largest absolute Gasteiger partial charge is 0.398 e. The molecule has 0 aromatic heterocycles. The van der Waals surface area contributed by atoms with Crippen LogP contribution in [0.4, 0.5) is 10.1 Å². The number of hydrogen-bond donors (Lipinski definition) is 2. The maximum absolute atomic E-state index is 13.5. The number of anilines is 1. The highest BCUT2D eigenvalue weighted by molar-refractivity contribution is 7.89. The standard InChI is InChI=1S/C12H17FN2O3S/c1-8-11(13)5-10(6-12(8)14)19(16,17)15-7-9-3-2-4-18-9/h5-6,9,15H,2-4,7,14H2,1H3. The second kappa shape index (κ2) is 5.44. The third kappa shape index (κ3) is 3.23. The van der Waals surface area contributed by atoms with E-state index < -0.39 is 15.8 Å². The molecule has 1 saturated heterocycles. The number of benzene rings is 1. The first kappa shape index (κ1) is 14.2. The van der Waals surface area contributed by atoms with Crippen molar-refractivity contribution in [2.75, 3.05) is 18.9 Å². The summed E-state index contributed by atoms with van der Waals surface area (Å²) in [6.45, 7) is 2.34. The van der Waals surface area contributed by atoms with Gasteiger partial charge in [-0.1, -0.05) is 0 Å². The number of nitrogens with one attached hydrogen (secondary N) is 1. The summed E-state index contributed by atoms with van der Waals surface area (Å²) in [6, 6.07) is 2.24. The Morgan fingerprint density at radius 1 is 1.53 bits per heavy atom. The van der Waals surface area contributed by atoms with E-state index in [1.807, 2.05) is 0 Å². The average Bonchev–Trinajstić information content (AvgIpc) is 2.86. The van der Waals surface area contributed by atoms with Crippen LogP contribution in [0.1, 0.15) is 18.4 Å². The first-order valence-corrected chi connectivity index (χ1v) is 7.55. The summed E-state index contributed by atoms with van der Waals surface area (Å²) in [4.78, 5) is -0.161. The van der Waals surface area contributed by atoms with Crippen molar-refractivity contribution >= 4 is 15.7 Å². The lowest BCUT2D eigenvalue weighted by molar-refractivity contribution is 0.114. The van der Waals surface area contributed by atoms with Crippen molar-refractivity contribution in [3.63, 3.8) is 0 Å². The van der Waals surface area contributed by atoms with Crippen LogP contribution in [-0.4, -0.2) is 27.7 Å². The molecular formula is C12H17FN2O3S. The van der Waals surface area contributed by atoms with Gasteiger partial charge in [0.15, 0.2) is 0 Å². The smallest absolute Gasteiger partial charge is 0.240 e. The van der Waals surface area contributed by atoms with Gasteiger partial charge >= 0.3 is 0 Å². The molecule has 1 heterocycles. The van der Waals surface area contributed by atoms with Crippen molar-refractivity contribution in [2.45, 2.75) is 30.8 Å². The predicted molar refractivity (Wildman–Crippen MR) is 69.7 cm³/mol. The van der Waals surface area contributed by atoms with Crippen molar-refractivity contribution in [1.82, 2.24) is 4.72 Å². The van der Waals surface area contributed by atoms with E-state index in [4.69, 9.17) is 10.5 Å². The van der Waals surface area contributed by atoms with E-state index >= 15 is 0 Å². The number of nitrogen functional groups attached to an aromatic ring is 1. The van der Waals surface area contributed by atoms with Crippen LogP contribution in [0.15, 0.2) is 17.0 Å².